The number of rotatable bonds is 3. The normalized spacial score (nSPS) is 14.9. The summed E-state index contributed by atoms with van der Waals surface area (Å²) >= 11 is 0. The van der Waals surface area contributed by atoms with Crippen LogP contribution in [0.4, 0.5) is 24.5 Å². The number of nitrogens with zero attached hydrogens (tertiary/aromatic N) is 1. The molecule has 0 unspecified atom stereocenters. The number of hydrogen-bond acceptors (Lipinski definition) is 2. The minimum Gasteiger partial charge on any atom is -0.385 e. The van der Waals surface area contributed by atoms with Crippen LogP contribution in [0.3, 0.4) is 0 Å². The van der Waals surface area contributed by atoms with E-state index < -0.39 is 12.7 Å². The Balaban J connectivity index is 2.30. The van der Waals surface area contributed by atoms with Crippen molar-refractivity contribution in [3.05, 3.63) is 23.8 Å². The molecule has 0 fully saturated rings. The highest BCUT2D eigenvalue weighted by Crippen LogP contribution is 2.32. The van der Waals surface area contributed by atoms with Gasteiger partial charge in [-0.05, 0) is 37.5 Å². The minimum absolute atomic E-state index is 0.357. The molecule has 2 rings (SSSR count). The summed E-state index contributed by atoms with van der Waals surface area (Å²) in [5.74, 6) is 0. The van der Waals surface area contributed by atoms with Crippen molar-refractivity contribution in [3.63, 3.8) is 0 Å². The van der Waals surface area contributed by atoms with E-state index >= 15 is 0 Å². The van der Waals surface area contributed by atoms with Crippen molar-refractivity contribution in [2.24, 2.45) is 0 Å². The molecule has 0 radical (unpaired) electrons. The van der Waals surface area contributed by atoms with Gasteiger partial charge in [-0.3, -0.25) is 0 Å². The van der Waals surface area contributed by atoms with Crippen LogP contribution >= 0.6 is 0 Å². The van der Waals surface area contributed by atoms with E-state index in [4.69, 9.17) is 0 Å². The van der Waals surface area contributed by atoms with Gasteiger partial charge in [0.2, 0.25) is 0 Å². The maximum atomic E-state index is 12.6. The average Bonchev–Trinajstić information content (AvgIpc) is 2.34. The van der Waals surface area contributed by atoms with Crippen LogP contribution in [0.5, 0.6) is 0 Å². The molecule has 1 heterocycles. The van der Waals surface area contributed by atoms with Crippen LogP contribution in [0, 0.1) is 0 Å². The zero-order chi connectivity index (χ0) is 13.2. The van der Waals surface area contributed by atoms with Gasteiger partial charge in [-0.2, -0.15) is 13.2 Å². The SMILES string of the molecule is CCN(CC(F)(F)F)c1cccc2c1CCCN2. The summed E-state index contributed by atoms with van der Waals surface area (Å²) in [6.45, 7) is 2.11. The third-order valence-electron chi connectivity index (χ3n) is 3.16. The zero-order valence-electron chi connectivity index (χ0n) is 10.3. The van der Waals surface area contributed by atoms with Gasteiger partial charge in [0.1, 0.15) is 6.54 Å². The Hall–Kier alpha value is -1.39. The van der Waals surface area contributed by atoms with E-state index in [0.29, 0.717) is 12.2 Å². The quantitative estimate of drug-likeness (QED) is 0.893. The molecule has 2 nitrogen and oxygen atoms in total. The molecule has 1 aromatic carbocycles. The van der Waals surface area contributed by atoms with E-state index in [1.807, 2.05) is 12.1 Å². The van der Waals surface area contributed by atoms with Crippen LogP contribution in [0.25, 0.3) is 0 Å². The molecule has 1 N–H and O–H groups in total. The first kappa shape index (κ1) is 13.1. The number of fused-ring (bicyclic) bond motifs is 1. The molecular weight excluding hydrogens is 241 g/mol. The van der Waals surface area contributed by atoms with E-state index in [1.54, 1.807) is 13.0 Å². The Morgan fingerprint density at radius 2 is 2.11 bits per heavy atom. The lowest BCUT2D eigenvalue weighted by atomic mass is 10.0. The van der Waals surface area contributed by atoms with E-state index in [9.17, 15) is 13.2 Å². The lowest BCUT2D eigenvalue weighted by Gasteiger charge is -2.29. The molecule has 0 saturated heterocycles. The Morgan fingerprint density at radius 3 is 2.78 bits per heavy atom. The highest BCUT2D eigenvalue weighted by atomic mass is 19.4. The summed E-state index contributed by atoms with van der Waals surface area (Å²) in [4.78, 5) is 1.39. The number of alkyl halides is 3. The van der Waals surface area contributed by atoms with Gasteiger partial charge < -0.3 is 10.2 Å². The Bertz CT molecular complexity index is 415. The highest BCUT2D eigenvalue weighted by molar-refractivity contribution is 5.67. The summed E-state index contributed by atoms with van der Waals surface area (Å²) in [5, 5.41) is 3.24. The van der Waals surface area contributed by atoms with Crippen molar-refractivity contribution < 1.29 is 13.2 Å². The second-order valence-corrected chi connectivity index (χ2v) is 4.46. The molecule has 18 heavy (non-hydrogen) atoms. The number of halogens is 3. The molecule has 0 atom stereocenters. The Kier molecular flexibility index (Phi) is 3.68. The summed E-state index contributed by atoms with van der Waals surface area (Å²) in [6.07, 6.45) is -2.36. The van der Waals surface area contributed by atoms with Gasteiger partial charge in [0.15, 0.2) is 0 Å². The molecule has 0 amide bonds. The van der Waals surface area contributed by atoms with Gasteiger partial charge >= 0.3 is 6.18 Å². The molecule has 1 aliphatic rings. The van der Waals surface area contributed by atoms with Crippen molar-refractivity contribution in [1.82, 2.24) is 0 Å². The minimum atomic E-state index is -4.17. The van der Waals surface area contributed by atoms with Crippen LogP contribution in [-0.2, 0) is 6.42 Å². The fraction of sp³-hybridized carbons (Fsp3) is 0.538. The second-order valence-electron chi connectivity index (χ2n) is 4.46. The van der Waals surface area contributed by atoms with Gasteiger partial charge in [-0.1, -0.05) is 6.07 Å². The highest BCUT2D eigenvalue weighted by Gasteiger charge is 2.31. The van der Waals surface area contributed by atoms with Gasteiger partial charge in [-0.15, -0.1) is 0 Å². The summed E-state index contributed by atoms with van der Waals surface area (Å²) in [6, 6.07) is 5.52. The van der Waals surface area contributed by atoms with Crippen LogP contribution in [0.2, 0.25) is 0 Å². The van der Waals surface area contributed by atoms with E-state index in [0.717, 1.165) is 30.6 Å². The topological polar surface area (TPSA) is 15.3 Å². The predicted octanol–water partition coefficient (Wildman–Crippen LogP) is 3.43. The molecule has 0 saturated carbocycles. The largest absolute Gasteiger partial charge is 0.405 e. The van der Waals surface area contributed by atoms with E-state index in [-0.39, 0.29) is 0 Å². The first-order valence-corrected chi connectivity index (χ1v) is 6.18. The van der Waals surface area contributed by atoms with Gasteiger partial charge in [-0.25, -0.2) is 0 Å². The first-order valence-electron chi connectivity index (χ1n) is 6.18. The lowest BCUT2D eigenvalue weighted by Crippen LogP contribution is -2.35. The fourth-order valence-corrected chi connectivity index (χ4v) is 2.37. The molecular formula is C13H17F3N2. The number of anilines is 2. The van der Waals surface area contributed by atoms with Gasteiger partial charge in [0.25, 0.3) is 0 Å². The summed E-state index contributed by atoms with van der Waals surface area (Å²) in [7, 11) is 0. The molecule has 5 heteroatoms. The molecule has 0 bridgehead atoms. The van der Waals surface area contributed by atoms with Crippen LogP contribution < -0.4 is 10.2 Å². The lowest BCUT2D eigenvalue weighted by molar-refractivity contribution is -0.119. The summed E-state index contributed by atoms with van der Waals surface area (Å²) in [5.41, 5.74) is 2.69. The van der Waals surface area contributed by atoms with Crippen LogP contribution in [-0.4, -0.2) is 25.8 Å². The maximum absolute atomic E-state index is 12.6. The second kappa shape index (κ2) is 5.08. The smallest absolute Gasteiger partial charge is 0.385 e. The molecule has 100 valence electrons. The molecule has 1 aliphatic heterocycles. The number of benzene rings is 1. The molecule has 0 spiro atoms. The van der Waals surface area contributed by atoms with Crippen LogP contribution in [0.1, 0.15) is 18.9 Å². The summed E-state index contributed by atoms with van der Waals surface area (Å²) < 4.78 is 37.7. The Morgan fingerprint density at radius 1 is 1.33 bits per heavy atom. The standard InChI is InChI=1S/C13H17F3N2/c1-2-18(9-13(14,15)16)12-7-3-6-11-10(12)5-4-8-17-11/h3,6-7,17H,2,4-5,8-9H2,1H3. The monoisotopic (exact) mass is 258 g/mol. The van der Waals surface area contributed by atoms with Gasteiger partial charge in [0, 0.05) is 24.5 Å². The third kappa shape index (κ3) is 2.89. The number of nitrogens with one attached hydrogen (secondary N) is 1. The van der Waals surface area contributed by atoms with Crippen molar-refractivity contribution >= 4 is 11.4 Å². The van der Waals surface area contributed by atoms with Crippen molar-refractivity contribution in [1.29, 1.82) is 0 Å². The van der Waals surface area contributed by atoms with E-state index in [1.165, 1.54) is 4.90 Å². The predicted molar refractivity (Wildman–Crippen MR) is 67.2 cm³/mol. The van der Waals surface area contributed by atoms with Crippen LogP contribution in [0.15, 0.2) is 18.2 Å². The third-order valence-corrected chi connectivity index (χ3v) is 3.16. The molecule has 1 aromatic rings. The van der Waals surface area contributed by atoms with Crippen molar-refractivity contribution in [2.75, 3.05) is 29.9 Å². The fourth-order valence-electron chi connectivity index (χ4n) is 2.37. The maximum Gasteiger partial charge on any atom is 0.405 e. The molecule has 0 aliphatic carbocycles. The van der Waals surface area contributed by atoms with Crippen molar-refractivity contribution in [2.45, 2.75) is 25.9 Å². The van der Waals surface area contributed by atoms with Crippen molar-refractivity contribution in [3.8, 4) is 0 Å². The Labute approximate surface area is 105 Å². The number of hydrogen-bond donors (Lipinski definition) is 1. The van der Waals surface area contributed by atoms with E-state index in [2.05, 4.69) is 5.32 Å². The zero-order valence-corrected chi connectivity index (χ0v) is 10.3. The van der Waals surface area contributed by atoms with Gasteiger partial charge in [0.05, 0.1) is 0 Å². The first-order chi connectivity index (χ1) is 8.51. The molecule has 0 aromatic heterocycles. The average molecular weight is 258 g/mol.